The van der Waals surface area contributed by atoms with E-state index in [2.05, 4.69) is 240 Å². The Labute approximate surface area is 376 Å². The van der Waals surface area contributed by atoms with E-state index in [1.165, 1.54) is 65.6 Å². The minimum atomic E-state index is 0.902. The van der Waals surface area contributed by atoms with Gasteiger partial charge in [0, 0.05) is 44.0 Å². The summed E-state index contributed by atoms with van der Waals surface area (Å²) in [5, 5.41) is 9.61. The lowest BCUT2D eigenvalue weighted by Crippen LogP contribution is -2.10. The number of hydrogen-bond donors (Lipinski definition) is 0. The average Bonchev–Trinajstić information content (AvgIpc) is 3.92. The SMILES string of the molecule is c1ccc(-n2c3ccccc3c3cc(-c4ccc(N(c5ccc(-c6ccc7ccccc7c6)cc5)c5ccc(-c6ccc7oc8ccccc8c7c6)cc5)c5ccccc45)ccc32)cc1. The molecule has 0 amide bonds. The lowest BCUT2D eigenvalue weighted by atomic mass is 9.95. The van der Waals surface area contributed by atoms with Gasteiger partial charge in [-0.3, -0.25) is 0 Å². The molecule has 0 saturated heterocycles. The molecular weight excluding hydrogens is 789 g/mol. The molecule has 0 atom stereocenters. The minimum Gasteiger partial charge on any atom is -0.456 e. The molecule has 0 fully saturated rings. The summed E-state index contributed by atoms with van der Waals surface area (Å²) in [5.74, 6) is 0. The van der Waals surface area contributed by atoms with Crippen molar-refractivity contribution in [3.63, 3.8) is 0 Å². The zero-order valence-electron chi connectivity index (χ0n) is 35.4. The fourth-order valence-electron chi connectivity index (χ4n) is 10.0. The summed E-state index contributed by atoms with van der Waals surface area (Å²) in [6.45, 7) is 0. The number of hydrogen-bond acceptors (Lipinski definition) is 2. The van der Waals surface area contributed by atoms with E-state index in [9.17, 15) is 0 Å². The van der Waals surface area contributed by atoms with Gasteiger partial charge in [0.25, 0.3) is 0 Å². The molecular formula is C62H40N2O. The number of fused-ring (bicyclic) bond motifs is 8. The number of rotatable bonds is 7. The Hall–Kier alpha value is -8.66. The van der Waals surface area contributed by atoms with Crippen molar-refractivity contribution in [3.8, 4) is 39.1 Å². The summed E-state index contributed by atoms with van der Waals surface area (Å²) in [4.78, 5) is 2.41. The van der Waals surface area contributed by atoms with Crippen molar-refractivity contribution in [2.45, 2.75) is 0 Å². The van der Waals surface area contributed by atoms with Gasteiger partial charge in [-0.15, -0.1) is 0 Å². The summed E-state index contributed by atoms with van der Waals surface area (Å²) < 4.78 is 8.54. The van der Waals surface area contributed by atoms with E-state index in [4.69, 9.17) is 4.42 Å². The van der Waals surface area contributed by atoms with Crippen molar-refractivity contribution < 1.29 is 4.42 Å². The van der Waals surface area contributed by atoms with Gasteiger partial charge in [0.1, 0.15) is 11.2 Å². The summed E-state index contributed by atoms with van der Waals surface area (Å²) in [6, 6.07) is 87.9. The van der Waals surface area contributed by atoms with Crippen LogP contribution < -0.4 is 4.90 Å². The zero-order valence-corrected chi connectivity index (χ0v) is 35.4. The van der Waals surface area contributed by atoms with Gasteiger partial charge in [0.15, 0.2) is 0 Å². The molecule has 0 bridgehead atoms. The smallest absolute Gasteiger partial charge is 0.135 e. The highest BCUT2D eigenvalue weighted by Crippen LogP contribution is 2.44. The van der Waals surface area contributed by atoms with Gasteiger partial charge in [-0.2, -0.15) is 0 Å². The van der Waals surface area contributed by atoms with Crippen LogP contribution in [0.25, 0.3) is 104 Å². The largest absolute Gasteiger partial charge is 0.456 e. The maximum atomic E-state index is 6.16. The van der Waals surface area contributed by atoms with Crippen LogP contribution in [0.5, 0.6) is 0 Å². The van der Waals surface area contributed by atoms with E-state index in [1.807, 2.05) is 12.1 Å². The highest BCUT2D eigenvalue weighted by Gasteiger charge is 2.20. The highest BCUT2D eigenvalue weighted by molar-refractivity contribution is 6.13. The van der Waals surface area contributed by atoms with Crippen LogP contribution in [0, 0.1) is 0 Å². The number of furan rings is 1. The molecule has 65 heavy (non-hydrogen) atoms. The second-order valence-corrected chi connectivity index (χ2v) is 16.9. The van der Waals surface area contributed by atoms with Gasteiger partial charge >= 0.3 is 0 Å². The summed E-state index contributed by atoms with van der Waals surface area (Å²) in [5.41, 5.74) is 15.7. The zero-order chi connectivity index (χ0) is 42.8. The first-order chi connectivity index (χ1) is 32.2. The molecule has 3 heteroatoms. The number of anilines is 3. The predicted molar refractivity (Wildman–Crippen MR) is 274 cm³/mol. The number of para-hydroxylation sites is 3. The molecule has 13 rings (SSSR count). The van der Waals surface area contributed by atoms with E-state index >= 15 is 0 Å². The Morgan fingerprint density at radius 1 is 0.308 bits per heavy atom. The Bertz CT molecular complexity index is 3930. The van der Waals surface area contributed by atoms with E-state index in [-0.39, 0.29) is 0 Å². The van der Waals surface area contributed by atoms with Gasteiger partial charge in [-0.1, -0.05) is 158 Å². The predicted octanol–water partition coefficient (Wildman–Crippen LogP) is 17.5. The van der Waals surface area contributed by atoms with Crippen LogP contribution in [0.3, 0.4) is 0 Å². The summed E-state index contributed by atoms with van der Waals surface area (Å²) in [6.07, 6.45) is 0. The third-order valence-corrected chi connectivity index (χ3v) is 13.2. The molecule has 304 valence electrons. The van der Waals surface area contributed by atoms with Gasteiger partial charge < -0.3 is 13.9 Å². The normalized spacial score (nSPS) is 11.7. The fourth-order valence-corrected chi connectivity index (χ4v) is 10.0. The summed E-state index contributed by atoms with van der Waals surface area (Å²) in [7, 11) is 0. The van der Waals surface area contributed by atoms with Crippen LogP contribution in [0.2, 0.25) is 0 Å². The van der Waals surface area contributed by atoms with Crippen LogP contribution in [0.1, 0.15) is 0 Å². The molecule has 2 aromatic heterocycles. The molecule has 3 nitrogen and oxygen atoms in total. The van der Waals surface area contributed by atoms with Crippen LogP contribution >= 0.6 is 0 Å². The van der Waals surface area contributed by atoms with Crippen LogP contribution in [-0.4, -0.2) is 4.57 Å². The van der Waals surface area contributed by atoms with Crippen molar-refractivity contribution in [2.24, 2.45) is 0 Å². The summed E-state index contributed by atoms with van der Waals surface area (Å²) >= 11 is 0. The lowest BCUT2D eigenvalue weighted by Gasteiger charge is -2.28. The van der Waals surface area contributed by atoms with Crippen molar-refractivity contribution in [3.05, 3.63) is 243 Å². The molecule has 2 heterocycles. The highest BCUT2D eigenvalue weighted by atomic mass is 16.3. The lowest BCUT2D eigenvalue weighted by molar-refractivity contribution is 0.669. The first-order valence-electron chi connectivity index (χ1n) is 22.2. The standard InChI is InChI=1S/C62H40N2O/c1-2-14-48(15-3-1)64-58-20-10-8-18-54(58)56-40-47(28-35-60(56)64)51-34-36-59(53-17-7-6-16-52(51)53)63(49-30-24-42(25-31-49)45-23-22-41-12-4-5-13-44(41)38-45)50-32-26-43(27-33-50)46-29-37-62-57(39-46)55-19-9-11-21-61(55)65-62/h1-40H. The Morgan fingerprint density at radius 2 is 0.862 bits per heavy atom. The second kappa shape index (κ2) is 15.0. The van der Waals surface area contributed by atoms with Crippen molar-refractivity contribution in [1.82, 2.24) is 4.57 Å². The van der Waals surface area contributed by atoms with Crippen LogP contribution in [0.15, 0.2) is 247 Å². The van der Waals surface area contributed by atoms with Crippen molar-refractivity contribution in [2.75, 3.05) is 4.90 Å². The first-order valence-corrected chi connectivity index (χ1v) is 22.2. The molecule has 0 unspecified atom stereocenters. The maximum Gasteiger partial charge on any atom is 0.135 e. The maximum absolute atomic E-state index is 6.16. The van der Waals surface area contributed by atoms with Crippen LogP contribution in [0.4, 0.5) is 17.1 Å². The van der Waals surface area contributed by atoms with E-state index < -0.39 is 0 Å². The molecule has 0 aliphatic carbocycles. The molecule has 0 spiro atoms. The van der Waals surface area contributed by atoms with Gasteiger partial charge in [-0.05, 0) is 134 Å². The molecule has 0 radical (unpaired) electrons. The topological polar surface area (TPSA) is 21.3 Å². The second-order valence-electron chi connectivity index (χ2n) is 16.9. The van der Waals surface area contributed by atoms with Gasteiger partial charge in [-0.25, -0.2) is 0 Å². The Morgan fingerprint density at radius 3 is 1.65 bits per heavy atom. The van der Waals surface area contributed by atoms with E-state index in [0.29, 0.717) is 0 Å². The molecule has 13 aromatic rings. The monoisotopic (exact) mass is 828 g/mol. The third kappa shape index (κ3) is 6.20. The molecule has 0 N–H and O–H groups in total. The van der Waals surface area contributed by atoms with E-state index in [1.54, 1.807) is 0 Å². The third-order valence-electron chi connectivity index (χ3n) is 13.2. The van der Waals surface area contributed by atoms with Gasteiger partial charge in [0.2, 0.25) is 0 Å². The van der Waals surface area contributed by atoms with Crippen molar-refractivity contribution in [1.29, 1.82) is 0 Å². The average molecular weight is 829 g/mol. The Kier molecular flexibility index (Phi) is 8.53. The quantitative estimate of drug-likeness (QED) is 0.160. The van der Waals surface area contributed by atoms with E-state index in [0.717, 1.165) is 55.8 Å². The molecule has 0 aliphatic heterocycles. The molecule has 0 aliphatic rings. The first kappa shape index (κ1) is 36.9. The molecule has 0 saturated carbocycles. The fraction of sp³-hybridized carbons (Fsp3) is 0. The molecule has 11 aromatic carbocycles. The minimum absolute atomic E-state index is 0.902. The number of nitrogens with zero attached hydrogens (tertiary/aromatic N) is 2. The number of aromatic nitrogens is 1. The van der Waals surface area contributed by atoms with Crippen molar-refractivity contribution >= 4 is 82.4 Å². The number of benzene rings is 11. The Balaban J connectivity index is 0.943. The van der Waals surface area contributed by atoms with Crippen LogP contribution in [-0.2, 0) is 0 Å². The van der Waals surface area contributed by atoms with Gasteiger partial charge in [0.05, 0.1) is 16.7 Å².